The topological polar surface area (TPSA) is 59.2 Å². The number of esters is 1. The number of Topliss-reactive ketones (excluding diaryl/α,β-unsaturated/α-hetero) is 1. The Morgan fingerprint density at radius 3 is 2.82 bits per heavy atom. The molecule has 1 heterocycles. The van der Waals surface area contributed by atoms with Gasteiger partial charge in [-0.05, 0) is 25.1 Å². The highest BCUT2D eigenvalue weighted by Gasteiger charge is 2.19. The van der Waals surface area contributed by atoms with Gasteiger partial charge in [0.05, 0.1) is 12.3 Å². The van der Waals surface area contributed by atoms with Crippen molar-refractivity contribution in [2.24, 2.45) is 0 Å². The second-order valence-electron chi connectivity index (χ2n) is 3.43. The number of ketones is 1. The van der Waals surface area contributed by atoms with Crippen LogP contribution >= 0.6 is 11.6 Å². The summed E-state index contributed by atoms with van der Waals surface area (Å²) in [6.45, 7) is 1.82. The van der Waals surface area contributed by atoms with Crippen molar-refractivity contribution in [2.75, 3.05) is 6.61 Å². The summed E-state index contributed by atoms with van der Waals surface area (Å²) >= 11 is 5.97. The van der Waals surface area contributed by atoms with E-state index < -0.39 is 11.8 Å². The Balaban J connectivity index is 2.40. The van der Waals surface area contributed by atoms with Crippen LogP contribution in [0, 0.1) is 0 Å². The number of fused-ring (bicyclic) bond motifs is 1. The molecule has 0 fully saturated rings. The molecule has 2 aromatic rings. The van der Waals surface area contributed by atoms with E-state index in [1.807, 2.05) is 0 Å². The molecular weight excluding hydrogens is 242 g/mol. The van der Waals surface area contributed by atoms with Crippen molar-refractivity contribution in [3.63, 3.8) is 0 Å². The number of aromatic amines is 1. The number of halogens is 1. The average Bonchev–Trinajstić information content (AvgIpc) is 2.73. The summed E-state index contributed by atoms with van der Waals surface area (Å²) in [4.78, 5) is 25.8. The van der Waals surface area contributed by atoms with Crippen LogP contribution in [-0.4, -0.2) is 23.3 Å². The molecule has 0 atom stereocenters. The van der Waals surface area contributed by atoms with Crippen LogP contribution < -0.4 is 0 Å². The zero-order chi connectivity index (χ0) is 12.4. The Hall–Kier alpha value is -1.81. The number of hydrogen-bond donors (Lipinski definition) is 1. The number of carbonyl (C=O) groups is 2. The molecule has 1 aromatic carbocycles. The molecule has 0 radical (unpaired) electrons. The lowest BCUT2D eigenvalue weighted by atomic mass is 10.2. The number of rotatable bonds is 3. The van der Waals surface area contributed by atoms with Gasteiger partial charge in [0.2, 0.25) is 0 Å². The molecule has 0 aliphatic heterocycles. The van der Waals surface area contributed by atoms with Crippen LogP contribution in [-0.2, 0) is 9.53 Å². The van der Waals surface area contributed by atoms with Crippen molar-refractivity contribution in [2.45, 2.75) is 6.92 Å². The third-order valence-corrected chi connectivity index (χ3v) is 2.65. The Kier molecular flexibility index (Phi) is 3.15. The van der Waals surface area contributed by atoms with Gasteiger partial charge in [-0.25, -0.2) is 4.79 Å². The molecule has 0 aliphatic carbocycles. The van der Waals surface area contributed by atoms with E-state index in [1.54, 1.807) is 31.2 Å². The molecule has 1 aromatic heterocycles. The molecule has 0 aliphatic rings. The van der Waals surface area contributed by atoms with Gasteiger partial charge in [0.15, 0.2) is 0 Å². The highest BCUT2D eigenvalue weighted by molar-refractivity contribution is 6.41. The summed E-state index contributed by atoms with van der Waals surface area (Å²) in [6, 6.07) is 6.82. The van der Waals surface area contributed by atoms with Gasteiger partial charge in [-0.3, -0.25) is 4.79 Å². The van der Waals surface area contributed by atoms with Crippen molar-refractivity contribution in [3.8, 4) is 0 Å². The molecule has 0 bridgehead atoms. The lowest BCUT2D eigenvalue weighted by Gasteiger charge is -1.97. The van der Waals surface area contributed by atoms with Crippen LogP contribution in [0.4, 0.5) is 0 Å². The van der Waals surface area contributed by atoms with Crippen LogP contribution in [0.5, 0.6) is 0 Å². The smallest absolute Gasteiger partial charge is 0.381 e. The average molecular weight is 252 g/mol. The maximum atomic E-state index is 11.7. The fourth-order valence-corrected chi connectivity index (χ4v) is 1.78. The Morgan fingerprint density at radius 2 is 2.18 bits per heavy atom. The van der Waals surface area contributed by atoms with Gasteiger partial charge in [0.25, 0.3) is 5.78 Å². The monoisotopic (exact) mass is 251 g/mol. The first-order valence-corrected chi connectivity index (χ1v) is 5.50. The quantitative estimate of drug-likeness (QED) is 0.518. The van der Waals surface area contributed by atoms with Gasteiger partial charge >= 0.3 is 5.97 Å². The van der Waals surface area contributed by atoms with E-state index in [-0.39, 0.29) is 12.3 Å². The van der Waals surface area contributed by atoms with Crippen LogP contribution in [0.1, 0.15) is 17.4 Å². The molecule has 2 rings (SSSR count). The zero-order valence-electron chi connectivity index (χ0n) is 9.12. The van der Waals surface area contributed by atoms with Crippen molar-refractivity contribution in [1.29, 1.82) is 0 Å². The minimum atomic E-state index is -0.866. The standard InChI is InChI=1S/C12H10ClNO3/c1-2-17-12(16)11(15)10-6-7-8(13)4-3-5-9(7)14-10/h3-6,14H,2H2,1H3. The summed E-state index contributed by atoms with van der Waals surface area (Å²) in [5.74, 6) is -1.56. The molecule has 0 unspecified atom stereocenters. The maximum Gasteiger partial charge on any atom is 0.381 e. The maximum absolute atomic E-state index is 11.7. The van der Waals surface area contributed by atoms with Crippen molar-refractivity contribution in [3.05, 3.63) is 35.0 Å². The van der Waals surface area contributed by atoms with E-state index in [1.165, 1.54) is 0 Å². The summed E-state index contributed by atoms with van der Waals surface area (Å²) in [5.41, 5.74) is 0.900. The number of carbonyl (C=O) groups excluding carboxylic acids is 2. The normalized spacial score (nSPS) is 10.5. The lowest BCUT2D eigenvalue weighted by molar-refractivity contribution is -0.137. The number of H-pyrrole nitrogens is 1. The first-order chi connectivity index (χ1) is 8.13. The minimum absolute atomic E-state index is 0.172. The van der Waals surface area contributed by atoms with Crippen LogP contribution in [0.3, 0.4) is 0 Å². The molecule has 0 amide bonds. The van der Waals surface area contributed by atoms with Crippen LogP contribution in [0.15, 0.2) is 24.3 Å². The number of hydrogen-bond acceptors (Lipinski definition) is 3. The van der Waals surface area contributed by atoms with Gasteiger partial charge in [-0.15, -0.1) is 0 Å². The molecule has 0 saturated carbocycles. The predicted octanol–water partition coefficient (Wildman–Crippen LogP) is 2.57. The highest BCUT2D eigenvalue weighted by Crippen LogP contribution is 2.24. The van der Waals surface area contributed by atoms with E-state index in [2.05, 4.69) is 9.72 Å². The molecule has 88 valence electrons. The number of benzene rings is 1. The first-order valence-electron chi connectivity index (χ1n) is 5.12. The second-order valence-corrected chi connectivity index (χ2v) is 3.84. The van der Waals surface area contributed by atoms with Gasteiger partial charge < -0.3 is 9.72 Å². The molecule has 4 nitrogen and oxygen atoms in total. The molecule has 0 saturated heterocycles. The minimum Gasteiger partial charge on any atom is -0.460 e. The second kappa shape index (κ2) is 4.59. The zero-order valence-corrected chi connectivity index (χ0v) is 9.88. The third kappa shape index (κ3) is 2.17. The third-order valence-electron chi connectivity index (χ3n) is 2.32. The first kappa shape index (κ1) is 11.7. The molecule has 1 N–H and O–H groups in total. The summed E-state index contributed by atoms with van der Waals surface area (Å²) in [7, 11) is 0. The SMILES string of the molecule is CCOC(=O)C(=O)c1cc2c(Cl)cccc2[nH]1. The van der Waals surface area contributed by atoms with Crippen molar-refractivity contribution < 1.29 is 14.3 Å². The van der Waals surface area contributed by atoms with E-state index in [9.17, 15) is 9.59 Å². The largest absolute Gasteiger partial charge is 0.460 e. The molecule has 5 heteroatoms. The Labute approximate surface area is 103 Å². The summed E-state index contributed by atoms with van der Waals surface area (Å²) in [5, 5.41) is 1.24. The van der Waals surface area contributed by atoms with Crippen molar-refractivity contribution >= 4 is 34.3 Å². The molecule has 0 spiro atoms. The van der Waals surface area contributed by atoms with E-state index in [0.717, 1.165) is 0 Å². The molecule has 17 heavy (non-hydrogen) atoms. The van der Waals surface area contributed by atoms with Crippen molar-refractivity contribution in [1.82, 2.24) is 4.98 Å². The number of aromatic nitrogens is 1. The van der Waals surface area contributed by atoms with Gasteiger partial charge in [0, 0.05) is 15.9 Å². The Morgan fingerprint density at radius 1 is 1.41 bits per heavy atom. The highest BCUT2D eigenvalue weighted by atomic mass is 35.5. The molecular formula is C12H10ClNO3. The fraction of sp³-hybridized carbons (Fsp3) is 0.167. The predicted molar refractivity (Wildman–Crippen MR) is 64.3 cm³/mol. The van der Waals surface area contributed by atoms with E-state index in [4.69, 9.17) is 11.6 Å². The van der Waals surface area contributed by atoms with Gasteiger partial charge in [-0.1, -0.05) is 17.7 Å². The van der Waals surface area contributed by atoms with E-state index in [0.29, 0.717) is 15.9 Å². The van der Waals surface area contributed by atoms with E-state index >= 15 is 0 Å². The summed E-state index contributed by atoms with van der Waals surface area (Å²) < 4.78 is 4.64. The van der Waals surface area contributed by atoms with Gasteiger partial charge in [0.1, 0.15) is 0 Å². The number of nitrogens with one attached hydrogen (secondary N) is 1. The summed E-state index contributed by atoms with van der Waals surface area (Å²) in [6.07, 6.45) is 0. The van der Waals surface area contributed by atoms with Crippen LogP contribution in [0.25, 0.3) is 10.9 Å². The Bertz CT molecular complexity index is 588. The van der Waals surface area contributed by atoms with Crippen LogP contribution in [0.2, 0.25) is 5.02 Å². The van der Waals surface area contributed by atoms with Gasteiger partial charge in [-0.2, -0.15) is 0 Å². The fourth-order valence-electron chi connectivity index (χ4n) is 1.55. The lowest BCUT2D eigenvalue weighted by Crippen LogP contribution is -2.17. The number of ether oxygens (including phenoxy) is 1.